The van der Waals surface area contributed by atoms with Gasteiger partial charge in [0.2, 0.25) is 5.76 Å². The lowest BCUT2D eigenvalue weighted by molar-refractivity contribution is -0.137. The Morgan fingerprint density at radius 3 is 2.80 bits per heavy atom. The first-order valence-electron chi connectivity index (χ1n) is 4.60. The highest BCUT2D eigenvalue weighted by atomic mass is 16.5. The van der Waals surface area contributed by atoms with E-state index in [9.17, 15) is 9.59 Å². The van der Waals surface area contributed by atoms with Crippen molar-refractivity contribution in [3.05, 3.63) is 35.6 Å². The normalized spacial score (nSPS) is 27.5. The van der Waals surface area contributed by atoms with Gasteiger partial charge in [-0.25, -0.2) is 4.79 Å². The van der Waals surface area contributed by atoms with E-state index in [-0.39, 0.29) is 17.5 Å². The summed E-state index contributed by atoms with van der Waals surface area (Å²) in [7, 11) is 0. The molecule has 0 fully saturated rings. The summed E-state index contributed by atoms with van der Waals surface area (Å²) in [5, 5.41) is 8.76. The Morgan fingerprint density at radius 2 is 2.20 bits per heavy atom. The summed E-state index contributed by atoms with van der Waals surface area (Å²) in [6, 6.07) is 0. The number of hydrogen-bond donors (Lipinski definition) is 1. The number of ether oxygens (including phenoxy) is 1. The van der Waals surface area contributed by atoms with E-state index in [1.165, 1.54) is 13.0 Å². The largest absolute Gasteiger partial charge is 0.478 e. The Hall–Kier alpha value is -1.84. The van der Waals surface area contributed by atoms with Crippen molar-refractivity contribution in [1.82, 2.24) is 0 Å². The van der Waals surface area contributed by atoms with Crippen molar-refractivity contribution in [2.24, 2.45) is 5.92 Å². The Labute approximate surface area is 86.5 Å². The van der Waals surface area contributed by atoms with Crippen LogP contribution >= 0.6 is 0 Å². The molecule has 2 aliphatic rings. The molecule has 0 amide bonds. The van der Waals surface area contributed by atoms with Crippen LogP contribution in [0.1, 0.15) is 6.92 Å². The maximum atomic E-state index is 11.3. The van der Waals surface area contributed by atoms with Crippen molar-refractivity contribution >= 4 is 11.8 Å². The fourth-order valence-electron chi connectivity index (χ4n) is 1.77. The number of carbonyl (C=O) groups excluding carboxylic acids is 1. The Kier molecular flexibility index (Phi) is 2.19. The van der Waals surface area contributed by atoms with Crippen LogP contribution in [0.2, 0.25) is 0 Å². The Morgan fingerprint density at radius 1 is 1.47 bits per heavy atom. The summed E-state index contributed by atoms with van der Waals surface area (Å²) in [6.07, 6.45) is 6.32. The number of carboxylic acids is 1. The van der Waals surface area contributed by atoms with E-state index < -0.39 is 12.1 Å². The molecule has 0 saturated heterocycles. The van der Waals surface area contributed by atoms with Crippen LogP contribution in [0.3, 0.4) is 0 Å². The zero-order valence-electron chi connectivity index (χ0n) is 8.14. The van der Waals surface area contributed by atoms with E-state index in [4.69, 9.17) is 9.84 Å². The first kappa shape index (κ1) is 9.71. The number of rotatable bonds is 2. The average molecular weight is 206 g/mol. The van der Waals surface area contributed by atoms with E-state index in [0.717, 1.165) is 0 Å². The predicted octanol–water partition coefficient (Wildman–Crippen LogP) is 1.06. The molecule has 0 radical (unpaired) electrons. The van der Waals surface area contributed by atoms with Crippen LogP contribution in [-0.4, -0.2) is 23.0 Å². The minimum Gasteiger partial charge on any atom is -0.478 e. The van der Waals surface area contributed by atoms with Gasteiger partial charge in [-0.2, -0.15) is 0 Å². The number of hydrogen-bond acceptors (Lipinski definition) is 3. The molecular formula is C11H10O4. The SMILES string of the molecule is CC(=O)C1=CC=CC2C=C(C(=O)O)OC12. The molecule has 2 unspecified atom stereocenters. The fraction of sp³-hybridized carbons (Fsp3) is 0.273. The number of allylic oxidation sites excluding steroid dienone is 2. The van der Waals surface area contributed by atoms with Crippen LogP contribution in [-0.2, 0) is 14.3 Å². The fourth-order valence-corrected chi connectivity index (χ4v) is 1.77. The van der Waals surface area contributed by atoms with Crippen LogP contribution in [0, 0.1) is 5.92 Å². The number of ketones is 1. The summed E-state index contributed by atoms with van der Waals surface area (Å²) >= 11 is 0. The quantitative estimate of drug-likeness (QED) is 0.733. The molecule has 15 heavy (non-hydrogen) atoms. The molecule has 4 heteroatoms. The lowest BCUT2D eigenvalue weighted by Crippen LogP contribution is -2.24. The van der Waals surface area contributed by atoms with E-state index in [0.29, 0.717) is 5.57 Å². The zero-order valence-corrected chi connectivity index (χ0v) is 8.14. The smallest absolute Gasteiger partial charge is 0.370 e. The molecule has 0 spiro atoms. The number of fused-ring (bicyclic) bond motifs is 1. The highest BCUT2D eigenvalue weighted by Crippen LogP contribution is 2.32. The van der Waals surface area contributed by atoms with E-state index in [1.54, 1.807) is 12.2 Å². The standard InChI is InChI=1S/C11H10O4/c1-6(12)8-4-2-3-7-5-9(11(13)14)15-10(7)8/h2-5,7,10H,1H3,(H,13,14). The molecular weight excluding hydrogens is 196 g/mol. The van der Waals surface area contributed by atoms with Crippen molar-refractivity contribution in [3.63, 3.8) is 0 Å². The number of aliphatic carboxylic acids is 1. The van der Waals surface area contributed by atoms with Crippen LogP contribution in [0.4, 0.5) is 0 Å². The minimum atomic E-state index is -1.10. The summed E-state index contributed by atoms with van der Waals surface area (Å²) in [5.41, 5.74) is 0.523. The highest BCUT2D eigenvalue weighted by molar-refractivity contribution is 5.95. The zero-order chi connectivity index (χ0) is 11.0. The molecule has 2 rings (SSSR count). The lowest BCUT2D eigenvalue weighted by atomic mass is 9.90. The van der Waals surface area contributed by atoms with Crippen molar-refractivity contribution in [2.45, 2.75) is 13.0 Å². The second-order valence-corrected chi connectivity index (χ2v) is 3.51. The second kappa shape index (κ2) is 3.38. The van der Waals surface area contributed by atoms with Gasteiger partial charge in [0.25, 0.3) is 0 Å². The third-order valence-corrected chi connectivity index (χ3v) is 2.48. The lowest BCUT2D eigenvalue weighted by Gasteiger charge is -2.20. The maximum absolute atomic E-state index is 11.3. The molecule has 1 N–H and O–H groups in total. The van der Waals surface area contributed by atoms with Gasteiger partial charge in [-0.1, -0.05) is 18.2 Å². The average Bonchev–Trinajstić information content (AvgIpc) is 2.60. The molecule has 0 aromatic heterocycles. The number of carboxylic acid groups (broad SMARTS) is 1. The number of Topliss-reactive ketones (excluding diaryl/α,β-unsaturated/α-hetero) is 1. The van der Waals surface area contributed by atoms with Gasteiger partial charge in [-0.05, 0) is 13.0 Å². The second-order valence-electron chi connectivity index (χ2n) is 3.51. The maximum Gasteiger partial charge on any atom is 0.370 e. The summed E-state index contributed by atoms with van der Waals surface area (Å²) < 4.78 is 5.22. The van der Waals surface area contributed by atoms with E-state index >= 15 is 0 Å². The Bertz CT molecular complexity index is 414. The third-order valence-electron chi connectivity index (χ3n) is 2.48. The van der Waals surface area contributed by atoms with E-state index in [2.05, 4.69) is 0 Å². The van der Waals surface area contributed by atoms with Crippen LogP contribution < -0.4 is 0 Å². The molecule has 0 aromatic carbocycles. The van der Waals surface area contributed by atoms with Gasteiger partial charge in [0, 0.05) is 11.5 Å². The van der Waals surface area contributed by atoms with Crippen molar-refractivity contribution in [3.8, 4) is 0 Å². The topological polar surface area (TPSA) is 63.6 Å². The summed E-state index contributed by atoms with van der Waals surface area (Å²) in [5.74, 6) is -1.40. The minimum absolute atomic E-state index is 0.0799. The molecule has 2 atom stereocenters. The first-order valence-corrected chi connectivity index (χ1v) is 4.60. The van der Waals surface area contributed by atoms with Crippen molar-refractivity contribution in [2.75, 3.05) is 0 Å². The molecule has 1 aliphatic carbocycles. The van der Waals surface area contributed by atoms with Crippen molar-refractivity contribution in [1.29, 1.82) is 0 Å². The molecule has 1 aliphatic heterocycles. The monoisotopic (exact) mass is 206 g/mol. The molecule has 78 valence electrons. The van der Waals surface area contributed by atoms with Crippen LogP contribution in [0.5, 0.6) is 0 Å². The summed E-state index contributed by atoms with van der Waals surface area (Å²) in [6.45, 7) is 1.45. The van der Waals surface area contributed by atoms with Gasteiger partial charge in [0.15, 0.2) is 5.78 Å². The van der Waals surface area contributed by atoms with Crippen LogP contribution in [0.15, 0.2) is 35.6 Å². The third kappa shape index (κ3) is 1.58. The molecule has 1 heterocycles. The summed E-state index contributed by atoms with van der Waals surface area (Å²) in [4.78, 5) is 22.0. The Balaban J connectivity index is 2.28. The van der Waals surface area contributed by atoms with Gasteiger partial charge in [-0.15, -0.1) is 0 Å². The molecule has 4 nitrogen and oxygen atoms in total. The van der Waals surface area contributed by atoms with Gasteiger partial charge in [-0.3, -0.25) is 4.79 Å². The number of carbonyl (C=O) groups is 2. The van der Waals surface area contributed by atoms with Gasteiger partial charge >= 0.3 is 5.97 Å². The molecule has 0 saturated carbocycles. The van der Waals surface area contributed by atoms with Crippen LogP contribution in [0.25, 0.3) is 0 Å². The highest BCUT2D eigenvalue weighted by Gasteiger charge is 2.35. The predicted molar refractivity (Wildman–Crippen MR) is 52.0 cm³/mol. The van der Waals surface area contributed by atoms with Crippen molar-refractivity contribution < 1.29 is 19.4 Å². The van der Waals surface area contributed by atoms with Gasteiger partial charge < -0.3 is 9.84 Å². The first-order chi connectivity index (χ1) is 7.09. The molecule has 0 bridgehead atoms. The molecule has 0 aromatic rings. The van der Waals surface area contributed by atoms with Gasteiger partial charge in [0.1, 0.15) is 6.10 Å². The van der Waals surface area contributed by atoms with E-state index in [1.807, 2.05) is 6.08 Å². The van der Waals surface area contributed by atoms with Gasteiger partial charge in [0.05, 0.1) is 0 Å².